The summed E-state index contributed by atoms with van der Waals surface area (Å²) < 4.78 is 13.7. The number of nitrogens with zero attached hydrogens (tertiary/aromatic N) is 8. The zero-order chi connectivity index (χ0) is 38.6. The number of para-hydroxylation sites is 1. The number of hydrogen-bond acceptors (Lipinski definition) is 8. The van der Waals surface area contributed by atoms with Crippen molar-refractivity contribution in [1.29, 1.82) is 0 Å². The molecule has 0 unspecified atom stereocenters. The molecule has 3 N–H and O–H groups in total. The van der Waals surface area contributed by atoms with Crippen LogP contribution in [0.1, 0.15) is 80.8 Å². The van der Waals surface area contributed by atoms with Crippen LogP contribution in [0, 0.1) is 13.8 Å². The van der Waals surface area contributed by atoms with Crippen molar-refractivity contribution in [2.45, 2.75) is 79.7 Å². The molecule has 2 amide bonds. The number of ether oxygens (including phenoxy) is 1. The smallest absolute Gasteiger partial charge is 0.276 e. The maximum Gasteiger partial charge on any atom is 0.276 e. The van der Waals surface area contributed by atoms with Gasteiger partial charge in [-0.15, -0.1) is 0 Å². The van der Waals surface area contributed by atoms with Crippen molar-refractivity contribution >= 4 is 45.6 Å². The van der Waals surface area contributed by atoms with Crippen LogP contribution in [-0.4, -0.2) is 56.3 Å². The summed E-state index contributed by atoms with van der Waals surface area (Å²) in [4.78, 5) is 49.0. The molecule has 0 fully saturated rings. The zero-order valence-corrected chi connectivity index (χ0v) is 31.5. The number of carbonyl (C=O) groups excluding carboxylic acids is 3. The lowest BCUT2D eigenvalue weighted by atomic mass is 10.2. The first-order chi connectivity index (χ1) is 26.6. The first-order valence-corrected chi connectivity index (χ1v) is 18.5. The van der Waals surface area contributed by atoms with Gasteiger partial charge in [-0.3, -0.25) is 29.1 Å². The summed E-state index contributed by atoms with van der Waals surface area (Å²) in [6, 6.07) is 24.4. The molecule has 0 saturated carbocycles. The highest BCUT2D eigenvalue weighted by Crippen LogP contribution is 2.30. The second kappa shape index (κ2) is 15.8. The molecule has 0 radical (unpaired) electrons. The minimum Gasteiger partial charge on any atom is -0.487 e. The Labute approximate surface area is 317 Å². The molecule has 0 aliphatic heterocycles. The average molecular weight is 741 g/mol. The van der Waals surface area contributed by atoms with Crippen LogP contribution >= 0.6 is 0 Å². The van der Waals surface area contributed by atoms with Gasteiger partial charge in [0.15, 0.2) is 5.78 Å². The summed E-state index contributed by atoms with van der Waals surface area (Å²) in [7, 11) is 0. The van der Waals surface area contributed by atoms with Crippen molar-refractivity contribution in [2.24, 2.45) is 5.73 Å². The van der Waals surface area contributed by atoms with E-state index in [1.54, 1.807) is 33.6 Å². The van der Waals surface area contributed by atoms with Crippen LogP contribution in [0.25, 0.3) is 22.1 Å². The summed E-state index contributed by atoms with van der Waals surface area (Å²) in [6.45, 7) is 10.2. The summed E-state index contributed by atoms with van der Waals surface area (Å²) in [6.07, 6.45) is 1.46. The first-order valence-electron chi connectivity index (χ1n) is 18.5. The lowest BCUT2D eigenvalue weighted by molar-refractivity contribution is 0.0975. The van der Waals surface area contributed by atoms with E-state index in [-0.39, 0.29) is 18.1 Å². The van der Waals surface area contributed by atoms with Crippen LogP contribution in [0.15, 0.2) is 78.9 Å². The van der Waals surface area contributed by atoms with Crippen LogP contribution in [0.5, 0.6) is 5.75 Å². The normalized spacial score (nSPS) is 11.4. The maximum absolute atomic E-state index is 13.6. The van der Waals surface area contributed by atoms with E-state index in [0.717, 1.165) is 28.0 Å². The topological polar surface area (TPSA) is 170 Å². The molecule has 282 valence electrons. The fourth-order valence-corrected chi connectivity index (χ4v) is 6.93. The molecule has 0 aliphatic rings. The number of amides is 2. The van der Waals surface area contributed by atoms with Crippen molar-refractivity contribution in [1.82, 2.24) is 38.7 Å². The lowest BCUT2D eigenvalue weighted by Crippen LogP contribution is -2.20. The summed E-state index contributed by atoms with van der Waals surface area (Å²) in [5.74, 6) is 0.656. The van der Waals surface area contributed by atoms with E-state index in [2.05, 4.69) is 15.5 Å². The number of primary amides is 1. The predicted octanol–water partition coefficient (Wildman–Crippen LogP) is 6.27. The molecule has 55 heavy (non-hydrogen) atoms. The standard InChI is InChI=1S/C41H44N10O4/c1-5-50-33(21-26(3)46-50)35(52)24-37-43-30-23-29(39(42)53)17-18-31(30)48(37)19-10-11-20-49-32-15-12-16-36(55-25-28-13-8-7-9-14-28)38(32)44-41(49)45-40(54)34-22-27(4)47-51(34)6-2/h7-9,12-18,21-23H,5-6,10-11,19-20,24-25H2,1-4H3,(H2,42,53)(H,44,45,54). The number of Topliss-reactive ketones (excluding diaryl/α,β-unsaturated/α-hetero) is 1. The Morgan fingerprint density at radius 2 is 1.45 bits per heavy atom. The molecule has 0 saturated heterocycles. The number of aryl methyl sites for hydroxylation is 6. The van der Waals surface area contributed by atoms with E-state index in [9.17, 15) is 14.4 Å². The molecular weight excluding hydrogens is 697 g/mol. The largest absolute Gasteiger partial charge is 0.487 e. The van der Waals surface area contributed by atoms with Crippen molar-refractivity contribution in [3.8, 4) is 5.75 Å². The fourth-order valence-electron chi connectivity index (χ4n) is 6.93. The second-order valence-corrected chi connectivity index (χ2v) is 13.5. The molecule has 0 atom stereocenters. The number of benzene rings is 3. The molecule has 0 spiro atoms. The van der Waals surface area contributed by atoms with Gasteiger partial charge in [0.1, 0.15) is 35.1 Å². The van der Waals surface area contributed by atoms with Gasteiger partial charge in [-0.05, 0) is 88.6 Å². The second-order valence-electron chi connectivity index (χ2n) is 13.5. The third-order valence-electron chi connectivity index (χ3n) is 9.57. The summed E-state index contributed by atoms with van der Waals surface area (Å²) in [5.41, 5.74) is 12.3. The Kier molecular flexibility index (Phi) is 10.6. The number of nitrogens with two attached hydrogens (primary N) is 1. The predicted molar refractivity (Wildman–Crippen MR) is 209 cm³/mol. The number of fused-ring (bicyclic) bond motifs is 2. The van der Waals surface area contributed by atoms with Crippen LogP contribution in [-0.2, 0) is 39.2 Å². The number of aromatic nitrogens is 8. The molecule has 14 heteroatoms. The molecular formula is C41H44N10O4. The summed E-state index contributed by atoms with van der Waals surface area (Å²) in [5, 5.41) is 12.0. The van der Waals surface area contributed by atoms with Crippen molar-refractivity contribution < 1.29 is 19.1 Å². The number of carbonyl (C=O) groups is 3. The number of rotatable bonds is 16. The minimum absolute atomic E-state index is 0.0631. The Bertz CT molecular complexity index is 2520. The fraction of sp³-hybridized carbons (Fsp3) is 0.293. The molecule has 4 heterocycles. The van der Waals surface area contributed by atoms with E-state index < -0.39 is 5.91 Å². The van der Waals surface area contributed by atoms with Crippen molar-refractivity contribution in [2.75, 3.05) is 5.32 Å². The first kappa shape index (κ1) is 36.8. The molecule has 0 aliphatic carbocycles. The number of nitrogens with one attached hydrogen (secondary N) is 1. The zero-order valence-electron chi connectivity index (χ0n) is 31.5. The van der Waals surface area contributed by atoms with Gasteiger partial charge in [0, 0.05) is 31.7 Å². The van der Waals surface area contributed by atoms with E-state index in [1.807, 2.05) is 91.4 Å². The van der Waals surface area contributed by atoms with E-state index in [1.165, 1.54) is 0 Å². The van der Waals surface area contributed by atoms with Crippen LogP contribution in [0.2, 0.25) is 0 Å². The van der Waals surface area contributed by atoms with Crippen LogP contribution in [0.3, 0.4) is 0 Å². The number of imidazole rings is 2. The Balaban J connectivity index is 1.16. The lowest BCUT2D eigenvalue weighted by Gasteiger charge is -2.13. The van der Waals surface area contributed by atoms with Gasteiger partial charge in [0.25, 0.3) is 5.91 Å². The number of hydrogen-bond donors (Lipinski definition) is 2. The monoisotopic (exact) mass is 740 g/mol. The van der Waals surface area contributed by atoms with Gasteiger partial charge in [0.2, 0.25) is 11.9 Å². The third-order valence-corrected chi connectivity index (χ3v) is 9.57. The Morgan fingerprint density at radius 3 is 2.16 bits per heavy atom. The minimum atomic E-state index is -0.547. The quantitative estimate of drug-likeness (QED) is 0.0863. The number of anilines is 1. The van der Waals surface area contributed by atoms with E-state index in [0.29, 0.717) is 91.1 Å². The Hall–Kier alpha value is -6.57. The van der Waals surface area contributed by atoms with Crippen LogP contribution in [0.4, 0.5) is 5.95 Å². The van der Waals surface area contributed by atoms with Gasteiger partial charge in [-0.1, -0.05) is 36.4 Å². The highest BCUT2D eigenvalue weighted by molar-refractivity contribution is 6.03. The van der Waals surface area contributed by atoms with Gasteiger partial charge < -0.3 is 19.6 Å². The molecule has 0 bridgehead atoms. The van der Waals surface area contributed by atoms with E-state index in [4.69, 9.17) is 20.4 Å². The van der Waals surface area contributed by atoms with Gasteiger partial charge in [0.05, 0.1) is 34.4 Å². The Morgan fingerprint density at radius 1 is 0.764 bits per heavy atom. The third kappa shape index (κ3) is 7.74. The van der Waals surface area contributed by atoms with Gasteiger partial charge in [-0.25, -0.2) is 9.97 Å². The molecule has 7 aromatic rings. The number of ketones is 1. The maximum atomic E-state index is 13.6. The molecule has 3 aromatic carbocycles. The average Bonchev–Trinajstić information content (AvgIpc) is 3.95. The van der Waals surface area contributed by atoms with E-state index >= 15 is 0 Å². The molecule has 4 aromatic heterocycles. The van der Waals surface area contributed by atoms with Crippen LogP contribution < -0.4 is 15.8 Å². The molecule has 7 rings (SSSR count). The van der Waals surface area contributed by atoms with Gasteiger partial charge >= 0.3 is 0 Å². The van der Waals surface area contributed by atoms with Gasteiger partial charge in [-0.2, -0.15) is 10.2 Å². The summed E-state index contributed by atoms with van der Waals surface area (Å²) >= 11 is 0. The number of unbranched alkanes of at least 4 members (excludes halogenated alkanes) is 1. The highest BCUT2D eigenvalue weighted by atomic mass is 16.5. The highest BCUT2D eigenvalue weighted by Gasteiger charge is 2.22. The molecule has 14 nitrogen and oxygen atoms in total. The van der Waals surface area contributed by atoms with Crippen molar-refractivity contribution in [3.63, 3.8) is 0 Å². The van der Waals surface area contributed by atoms with Crippen molar-refractivity contribution in [3.05, 3.63) is 119 Å². The SMILES string of the molecule is CCn1nc(C)cc1C(=O)Cc1nc2cc(C(N)=O)ccc2n1CCCCn1c(NC(=O)c2cc(C)nn2CC)nc2c(OCc3ccccc3)cccc21.